The van der Waals surface area contributed by atoms with Gasteiger partial charge in [0, 0.05) is 23.9 Å². The predicted molar refractivity (Wildman–Crippen MR) is 115 cm³/mol. The van der Waals surface area contributed by atoms with Gasteiger partial charge in [-0.3, -0.25) is 4.79 Å². The van der Waals surface area contributed by atoms with E-state index in [2.05, 4.69) is 20.4 Å². The molecule has 0 unspecified atom stereocenters. The van der Waals surface area contributed by atoms with E-state index in [9.17, 15) is 4.79 Å². The maximum atomic E-state index is 12.4. The second-order valence-electron chi connectivity index (χ2n) is 6.51. The van der Waals surface area contributed by atoms with Gasteiger partial charge in [0.15, 0.2) is 5.82 Å². The zero-order chi connectivity index (χ0) is 20.1. The summed E-state index contributed by atoms with van der Waals surface area (Å²) in [6, 6.07) is 15.4. The zero-order valence-corrected chi connectivity index (χ0v) is 16.9. The Hall–Kier alpha value is -2.84. The van der Waals surface area contributed by atoms with Crippen molar-refractivity contribution in [2.24, 2.45) is 0 Å². The van der Waals surface area contributed by atoms with E-state index in [-0.39, 0.29) is 11.7 Å². The molecule has 0 saturated carbocycles. The van der Waals surface area contributed by atoms with Gasteiger partial charge in [0.1, 0.15) is 10.8 Å². The van der Waals surface area contributed by atoms with E-state index in [0.29, 0.717) is 24.7 Å². The highest BCUT2D eigenvalue weighted by atomic mass is 32.2. The van der Waals surface area contributed by atoms with Crippen LogP contribution in [-0.2, 0) is 9.53 Å². The van der Waals surface area contributed by atoms with Crippen LogP contribution in [0.4, 0.5) is 11.5 Å². The first-order valence-electron chi connectivity index (χ1n) is 9.40. The molecule has 1 aromatic heterocycles. The van der Waals surface area contributed by atoms with Crippen molar-refractivity contribution in [2.45, 2.75) is 5.03 Å². The number of fused-ring (bicyclic) bond motifs is 1. The molecule has 2 aromatic carbocycles. The first kappa shape index (κ1) is 19.5. The summed E-state index contributed by atoms with van der Waals surface area (Å²) >= 11 is 1.38. The van der Waals surface area contributed by atoms with E-state index in [4.69, 9.17) is 9.47 Å². The van der Waals surface area contributed by atoms with Crippen LogP contribution in [0.5, 0.6) is 5.75 Å². The Morgan fingerprint density at radius 1 is 1.10 bits per heavy atom. The molecule has 1 aliphatic rings. The van der Waals surface area contributed by atoms with Crippen molar-refractivity contribution >= 4 is 39.9 Å². The number of ether oxygens (including phenoxy) is 2. The number of carbonyl (C=O) groups excluding carboxylic acids is 1. The van der Waals surface area contributed by atoms with Gasteiger partial charge in [-0.15, -0.1) is 10.2 Å². The number of carbonyl (C=O) groups is 1. The van der Waals surface area contributed by atoms with Gasteiger partial charge < -0.3 is 19.7 Å². The third kappa shape index (κ3) is 4.44. The molecule has 0 radical (unpaired) electrons. The number of methoxy groups -OCH3 is 1. The van der Waals surface area contributed by atoms with Crippen LogP contribution in [0.15, 0.2) is 53.6 Å². The van der Waals surface area contributed by atoms with Crippen molar-refractivity contribution in [3.63, 3.8) is 0 Å². The van der Waals surface area contributed by atoms with Gasteiger partial charge in [-0.05, 0) is 12.1 Å². The number of nitrogens with zero attached hydrogens (tertiary/aromatic N) is 3. The quantitative estimate of drug-likeness (QED) is 0.625. The lowest BCUT2D eigenvalue weighted by Gasteiger charge is -2.28. The number of para-hydroxylation sites is 2. The summed E-state index contributed by atoms with van der Waals surface area (Å²) < 4.78 is 10.7. The molecule has 1 N–H and O–H groups in total. The third-order valence-corrected chi connectivity index (χ3v) is 5.65. The number of anilines is 2. The summed E-state index contributed by atoms with van der Waals surface area (Å²) in [5.74, 6) is 1.61. The van der Waals surface area contributed by atoms with Gasteiger partial charge in [0.05, 0.1) is 31.8 Å². The normalized spacial score (nSPS) is 14.0. The van der Waals surface area contributed by atoms with E-state index < -0.39 is 0 Å². The lowest BCUT2D eigenvalue weighted by molar-refractivity contribution is -0.113. The van der Waals surface area contributed by atoms with Crippen LogP contribution < -0.4 is 15.0 Å². The van der Waals surface area contributed by atoms with E-state index in [0.717, 1.165) is 34.7 Å². The standard InChI is InChI=1S/C21H22N4O3S/c1-27-18-9-5-4-8-17(18)22-19(26)14-29-21-16-7-3-2-6-15(16)20(23-24-21)25-10-12-28-13-11-25/h2-9H,10-14H2,1H3,(H,22,26). The van der Waals surface area contributed by atoms with Crippen LogP contribution >= 0.6 is 11.8 Å². The second kappa shape index (κ2) is 9.11. The molecule has 2 heterocycles. The van der Waals surface area contributed by atoms with Crippen molar-refractivity contribution in [3.05, 3.63) is 48.5 Å². The molecule has 29 heavy (non-hydrogen) atoms. The Kier molecular flexibility index (Phi) is 6.12. The fourth-order valence-corrected chi connectivity index (χ4v) is 4.02. The maximum absolute atomic E-state index is 12.4. The van der Waals surface area contributed by atoms with Crippen LogP contribution in [-0.4, -0.2) is 55.3 Å². The fraction of sp³-hybridized carbons (Fsp3) is 0.286. The Balaban J connectivity index is 1.50. The smallest absolute Gasteiger partial charge is 0.234 e. The molecule has 1 saturated heterocycles. The minimum atomic E-state index is -0.123. The number of benzene rings is 2. The van der Waals surface area contributed by atoms with Gasteiger partial charge >= 0.3 is 0 Å². The number of hydrogen-bond acceptors (Lipinski definition) is 7. The van der Waals surface area contributed by atoms with Crippen LogP contribution in [0, 0.1) is 0 Å². The highest BCUT2D eigenvalue weighted by Gasteiger charge is 2.18. The number of aromatic nitrogens is 2. The lowest BCUT2D eigenvalue weighted by Crippen LogP contribution is -2.37. The van der Waals surface area contributed by atoms with Gasteiger partial charge in [-0.25, -0.2) is 0 Å². The second-order valence-corrected chi connectivity index (χ2v) is 7.47. The average molecular weight is 410 g/mol. The molecule has 0 spiro atoms. The molecule has 4 rings (SSSR count). The molecular formula is C21H22N4O3S. The molecule has 0 bridgehead atoms. The van der Waals surface area contributed by atoms with E-state index in [1.807, 2.05) is 48.5 Å². The number of amides is 1. The number of rotatable bonds is 6. The van der Waals surface area contributed by atoms with Crippen LogP contribution in [0.3, 0.4) is 0 Å². The monoisotopic (exact) mass is 410 g/mol. The minimum Gasteiger partial charge on any atom is -0.495 e. The molecule has 1 amide bonds. The van der Waals surface area contributed by atoms with Crippen molar-refractivity contribution < 1.29 is 14.3 Å². The molecule has 7 nitrogen and oxygen atoms in total. The average Bonchev–Trinajstić information content (AvgIpc) is 2.78. The fourth-order valence-electron chi connectivity index (χ4n) is 3.25. The topological polar surface area (TPSA) is 76.6 Å². The molecule has 150 valence electrons. The maximum Gasteiger partial charge on any atom is 0.234 e. The summed E-state index contributed by atoms with van der Waals surface area (Å²) in [7, 11) is 1.58. The summed E-state index contributed by atoms with van der Waals surface area (Å²) in [4.78, 5) is 14.6. The number of nitrogens with one attached hydrogen (secondary N) is 1. The Morgan fingerprint density at radius 3 is 2.62 bits per heavy atom. The first-order chi connectivity index (χ1) is 14.3. The summed E-state index contributed by atoms with van der Waals surface area (Å²) in [5, 5.41) is 14.6. The zero-order valence-electron chi connectivity index (χ0n) is 16.1. The van der Waals surface area contributed by atoms with Gasteiger partial charge in [-0.2, -0.15) is 0 Å². The Bertz CT molecular complexity index is 1010. The van der Waals surface area contributed by atoms with Crippen molar-refractivity contribution in [1.29, 1.82) is 0 Å². The Morgan fingerprint density at radius 2 is 1.83 bits per heavy atom. The molecule has 0 atom stereocenters. The van der Waals surface area contributed by atoms with Crippen LogP contribution in [0.1, 0.15) is 0 Å². The van der Waals surface area contributed by atoms with Gasteiger partial charge in [-0.1, -0.05) is 48.2 Å². The van der Waals surface area contributed by atoms with E-state index in [1.165, 1.54) is 11.8 Å². The molecular weight excluding hydrogens is 388 g/mol. The van der Waals surface area contributed by atoms with Crippen molar-refractivity contribution in [2.75, 3.05) is 49.4 Å². The highest BCUT2D eigenvalue weighted by molar-refractivity contribution is 8.00. The lowest BCUT2D eigenvalue weighted by atomic mass is 10.2. The molecule has 1 fully saturated rings. The van der Waals surface area contributed by atoms with Crippen LogP contribution in [0.2, 0.25) is 0 Å². The van der Waals surface area contributed by atoms with Gasteiger partial charge in [0.25, 0.3) is 0 Å². The van der Waals surface area contributed by atoms with E-state index >= 15 is 0 Å². The number of thioether (sulfide) groups is 1. The number of morpholine rings is 1. The molecule has 1 aliphatic heterocycles. The predicted octanol–water partition coefficient (Wildman–Crippen LogP) is 3.21. The molecule has 8 heteroatoms. The summed E-state index contributed by atoms with van der Waals surface area (Å²) in [5.41, 5.74) is 0.652. The number of hydrogen-bond donors (Lipinski definition) is 1. The largest absolute Gasteiger partial charge is 0.495 e. The SMILES string of the molecule is COc1ccccc1NC(=O)CSc1nnc(N2CCOCC2)c2ccccc12. The Labute approximate surface area is 173 Å². The van der Waals surface area contributed by atoms with Crippen molar-refractivity contribution in [3.8, 4) is 5.75 Å². The van der Waals surface area contributed by atoms with Gasteiger partial charge in [0.2, 0.25) is 5.91 Å². The minimum absolute atomic E-state index is 0.123. The molecule has 3 aromatic rings. The van der Waals surface area contributed by atoms with Crippen LogP contribution in [0.25, 0.3) is 10.8 Å². The summed E-state index contributed by atoms with van der Waals surface area (Å²) in [6.45, 7) is 2.98. The highest BCUT2D eigenvalue weighted by Crippen LogP contribution is 2.31. The van der Waals surface area contributed by atoms with Crippen molar-refractivity contribution in [1.82, 2.24) is 10.2 Å². The third-order valence-electron chi connectivity index (χ3n) is 4.67. The van der Waals surface area contributed by atoms with E-state index in [1.54, 1.807) is 7.11 Å². The first-order valence-corrected chi connectivity index (χ1v) is 10.4. The molecule has 0 aliphatic carbocycles. The summed E-state index contributed by atoms with van der Waals surface area (Å²) in [6.07, 6.45) is 0.